The van der Waals surface area contributed by atoms with Crippen LogP contribution in [0.1, 0.15) is 18.1 Å². The predicted molar refractivity (Wildman–Crippen MR) is 107 cm³/mol. The topological polar surface area (TPSA) is 78.9 Å². The van der Waals surface area contributed by atoms with Crippen molar-refractivity contribution in [1.82, 2.24) is 25.0 Å². The Balaban J connectivity index is 1.51. The fraction of sp³-hybridized carbons (Fsp3) is 0.200. The summed E-state index contributed by atoms with van der Waals surface area (Å²) in [6, 6.07) is 17.5. The molecule has 2 aromatic carbocycles. The van der Waals surface area contributed by atoms with Crippen LogP contribution in [0.5, 0.6) is 5.75 Å². The molecule has 0 fully saturated rings. The van der Waals surface area contributed by atoms with Crippen molar-refractivity contribution in [1.29, 1.82) is 0 Å². The van der Waals surface area contributed by atoms with Crippen molar-refractivity contribution in [2.45, 2.75) is 17.3 Å². The SMILES string of the molecule is COc1ccc(-c2nnc(S[C@H](C)c3nnc(-c4ccccc4)o3)n2C)cc1. The first kappa shape index (κ1) is 18.2. The molecule has 0 aliphatic heterocycles. The largest absolute Gasteiger partial charge is 0.497 e. The highest BCUT2D eigenvalue weighted by atomic mass is 32.2. The van der Waals surface area contributed by atoms with Crippen LogP contribution in [0.2, 0.25) is 0 Å². The number of ether oxygens (including phenoxy) is 1. The zero-order valence-electron chi connectivity index (χ0n) is 15.7. The van der Waals surface area contributed by atoms with Crippen LogP contribution in [0.4, 0.5) is 0 Å². The van der Waals surface area contributed by atoms with Gasteiger partial charge in [-0.1, -0.05) is 30.0 Å². The summed E-state index contributed by atoms with van der Waals surface area (Å²) in [4.78, 5) is 0. The molecule has 4 rings (SSSR count). The molecule has 8 heteroatoms. The van der Waals surface area contributed by atoms with E-state index in [0.29, 0.717) is 11.8 Å². The van der Waals surface area contributed by atoms with Crippen molar-refractivity contribution in [3.05, 3.63) is 60.5 Å². The van der Waals surface area contributed by atoms with Gasteiger partial charge < -0.3 is 13.7 Å². The Labute approximate surface area is 166 Å². The van der Waals surface area contributed by atoms with Crippen LogP contribution in [-0.4, -0.2) is 32.1 Å². The maximum Gasteiger partial charge on any atom is 0.247 e. The molecule has 0 saturated carbocycles. The fourth-order valence-corrected chi connectivity index (χ4v) is 3.56. The van der Waals surface area contributed by atoms with Gasteiger partial charge in [0.25, 0.3) is 0 Å². The summed E-state index contributed by atoms with van der Waals surface area (Å²) < 4.78 is 13.0. The van der Waals surface area contributed by atoms with Gasteiger partial charge in [0, 0.05) is 18.2 Å². The second-order valence-electron chi connectivity index (χ2n) is 6.17. The average molecular weight is 393 g/mol. The highest BCUT2D eigenvalue weighted by Crippen LogP contribution is 2.35. The van der Waals surface area contributed by atoms with Crippen LogP contribution in [0.25, 0.3) is 22.8 Å². The zero-order valence-corrected chi connectivity index (χ0v) is 16.6. The van der Waals surface area contributed by atoms with Gasteiger partial charge >= 0.3 is 0 Å². The highest BCUT2D eigenvalue weighted by Gasteiger charge is 2.20. The van der Waals surface area contributed by atoms with Gasteiger partial charge in [0.05, 0.1) is 12.4 Å². The van der Waals surface area contributed by atoms with E-state index in [1.807, 2.05) is 73.1 Å². The lowest BCUT2D eigenvalue weighted by atomic mass is 10.2. The highest BCUT2D eigenvalue weighted by molar-refractivity contribution is 7.99. The molecule has 4 aromatic rings. The van der Waals surface area contributed by atoms with Gasteiger partial charge in [-0.3, -0.25) is 0 Å². The van der Waals surface area contributed by atoms with Gasteiger partial charge in [-0.2, -0.15) is 0 Å². The van der Waals surface area contributed by atoms with Crippen molar-refractivity contribution in [3.63, 3.8) is 0 Å². The number of nitrogens with zero attached hydrogens (tertiary/aromatic N) is 5. The molecule has 0 aliphatic carbocycles. The molecule has 2 aromatic heterocycles. The molecular weight excluding hydrogens is 374 g/mol. The lowest BCUT2D eigenvalue weighted by Crippen LogP contribution is -1.97. The monoisotopic (exact) mass is 393 g/mol. The number of hydrogen-bond donors (Lipinski definition) is 0. The third-order valence-electron chi connectivity index (χ3n) is 4.27. The Morgan fingerprint density at radius 2 is 1.68 bits per heavy atom. The lowest BCUT2D eigenvalue weighted by molar-refractivity contribution is 0.415. The number of aromatic nitrogens is 5. The van der Waals surface area contributed by atoms with Crippen LogP contribution in [0, 0.1) is 0 Å². The Kier molecular flexibility index (Phi) is 5.12. The second kappa shape index (κ2) is 7.85. The molecule has 2 heterocycles. The maximum absolute atomic E-state index is 5.85. The van der Waals surface area contributed by atoms with Gasteiger partial charge in [0.1, 0.15) is 5.75 Å². The summed E-state index contributed by atoms with van der Waals surface area (Å²) in [5, 5.41) is 17.7. The van der Waals surface area contributed by atoms with E-state index in [-0.39, 0.29) is 5.25 Å². The first-order valence-electron chi connectivity index (χ1n) is 8.75. The predicted octanol–water partition coefficient (Wildman–Crippen LogP) is 4.39. The van der Waals surface area contributed by atoms with Gasteiger partial charge in [-0.25, -0.2) is 0 Å². The van der Waals surface area contributed by atoms with Gasteiger partial charge in [-0.05, 0) is 43.3 Å². The van der Waals surface area contributed by atoms with E-state index in [2.05, 4.69) is 20.4 Å². The van der Waals surface area contributed by atoms with Crippen LogP contribution in [0.3, 0.4) is 0 Å². The summed E-state index contributed by atoms with van der Waals surface area (Å²) in [6.45, 7) is 2.01. The van der Waals surface area contributed by atoms with Crippen molar-refractivity contribution >= 4 is 11.8 Å². The van der Waals surface area contributed by atoms with Crippen molar-refractivity contribution in [3.8, 4) is 28.6 Å². The Morgan fingerprint density at radius 3 is 2.39 bits per heavy atom. The first-order chi connectivity index (χ1) is 13.7. The summed E-state index contributed by atoms with van der Waals surface area (Å²) in [6.07, 6.45) is 0. The Bertz CT molecular complexity index is 1060. The lowest BCUT2D eigenvalue weighted by Gasteiger charge is -2.07. The molecule has 7 nitrogen and oxygen atoms in total. The Morgan fingerprint density at radius 1 is 0.929 bits per heavy atom. The molecule has 1 atom stereocenters. The van der Waals surface area contributed by atoms with E-state index in [4.69, 9.17) is 9.15 Å². The van der Waals surface area contributed by atoms with E-state index < -0.39 is 0 Å². The summed E-state index contributed by atoms with van der Waals surface area (Å²) >= 11 is 1.52. The smallest absolute Gasteiger partial charge is 0.247 e. The maximum atomic E-state index is 5.85. The molecule has 142 valence electrons. The van der Waals surface area contributed by atoms with E-state index >= 15 is 0 Å². The van der Waals surface area contributed by atoms with Crippen molar-refractivity contribution < 1.29 is 9.15 Å². The number of thioether (sulfide) groups is 1. The number of benzene rings is 2. The molecule has 28 heavy (non-hydrogen) atoms. The molecule has 0 unspecified atom stereocenters. The van der Waals surface area contributed by atoms with E-state index in [9.17, 15) is 0 Å². The molecule has 0 aliphatic rings. The minimum absolute atomic E-state index is 0.0587. The minimum Gasteiger partial charge on any atom is -0.497 e. The third kappa shape index (κ3) is 3.63. The normalized spacial score (nSPS) is 12.1. The minimum atomic E-state index is -0.0587. The molecule has 0 amide bonds. The average Bonchev–Trinajstić information content (AvgIpc) is 3.37. The van der Waals surface area contributed by atoms with E-state index in [1.165, 1.54) is 11.8 Å². The summed E-state index contributed by atoms with van der Waals surface area (Å²) in [5.74, 6) is 2.66. The third-order valence-corrected chi connectivity index (χ3v) is 5.40. The molecule has 0 radical (unpaired) electrons. The van der Waals surface area contributed by atoms with E-state index in [1.54, 1.807) is 7.11 Å². The summed E-state index contributed by atoms with van der Waals surface area (Å²) in [7, 11) is 3.59. The van der Waals surface area contributed by atoms with Gasteiger partial charge in [0.2, 0.25) is 11.8 Å². The van der Waals surface area contributed by atoms with Crippen LogP contribution in [0.15, 0.2) is 64.2 Å². The van der Waals surface area contributed by atoms with Crippen LogP contribution < -0.4 is 4.74 Å². The number of rotatable bonds is 6. The fourth-order valence-electron chi connectivity index (χ4n) is 2.71. The van der Waals surface area contributed by atoms with Crippen LogP contribution >= 0.6 is 11.8 Å². The molecular formula is C20H19N5O2S. The first-order valence-corrected chi connectivity index (χ1v) is 9.63. The molecule has 0 N–H and O–H groups in total. The molecule has 0 spiro atoms. The standard InChI is InChI=1S/C20H19N5O2S/c1-13(18-22-23-19(27-18)15-7-5-4-6-8-15)28-20-24-21-17(25(20)2)14-9-11-16(26-3)12-10-14/h4-13H,1-3H3/t13-/m1/s1. The number of methoxy groups -OCH3 is 1. The summed E-state index contributed by atoms with van der Waals surface area (Å²) in [5.41, 5.74) is 1.87. The molecule has 0 bridgehead atoms. The van der Waals surface area contributed by atoms with Gasteiger partial charge in [-0.15, -0.1) is 20.4 Å². The van der Waals surface area contributed by atoms with Crippen LogP contribution in [-0.2, 0) is 7.05 Å². The van der Waals surface area contributed by atoms with Crippen molar-refractivity contribution in [2.24, 2.45) is 7.05 Å². The zero-order chi connectivity index (χ0) is 19.5. The van der Waals surface area contributed by atoms with E-state index in [0.717, 1.165) is 27.9 Å². The van der Waals surface area contributed by atoms with Gasteiger partial charge in [0.15, 0.2) is 11.0 Å². The number of hydrogen-bond acceptors (Lipinski definition) is 7. The molecule has 0 saturated heterocycles. The van der Waals surface area contributed by atoms with Crippen molar-refractivity contribution in [2.75, 3.05) is 7.11 Å². The quantitative estimate of drug-likeness (QED) is 0.449. The Hall–Kier alpha value is -3.13. The second-order valence-corrected chi connectivity index (χ2v) is 7.47.